The first-order chi connectivity index (χ1) is 55.8. The van der Waals surface area contributed by atoms with Crippen molar-refractivity contribution in [1.82, 2.24) is 39.9 Å². The highest BCUT2D eigenvalue weighted by atomic mass is 14.8. The van der Waals surface area contributed by atoms with Crippen LogP contribution in [0.3, 0.4) is 0 Å². The summed E-state index contributed by atoms with van der Waals surface area (Å²) in [4.78, 5) is 39.1. The van der Waals surface area contributed by atoms with Gasteiger partial charge in [0.15, 0.2) is 0 Å². The average molecular weight is 1500 g/mol. The summed E-state index contributed by atoms with van der Waals surface area (Å²) < 4.78 is 0. The molecule has 8 heteroatoms. The van der Waals surface area contributed by atoms with Gasteiger partial charge in [-0.05, 0) is 357 Å². The molecule has 0 aliphatic carbocycles. The predicted octanol–water partition coefficient (Wildman–Crippen LogP) is 27.9. The molecule has 0 radical (unpaired) electrons. The number of aromatic nitrogens is 8. The molecule has 0 saturated carbocycles. The second-order valence-electron chi connectivity index (χ2n) is 33.1. The van der Waals surface area contributed by atoms with E-state index in [1.54, 1.807) is 0 Å². The Morgan fingerprint density at radius 3 is 0.483 bits per heavy atom. The molecule has 14 aromatic rings. The molecule has 8 nitrogen and oxygen atoms in total. The standard InChI is InChI=1S/C108H94N8/c1-57-45-63(7)95(64(8)46-57)103-83-33-29-79(109-83)101(80-30-34-84(110-80)104(96-65(9)47-58(2)48-66(96)10)88-38-42-92(114-88)107(91-41-37-87(103)113-91)99-71(15)53-61(5)54-72(99)16)77-25-21-75(22-26-77)19-20-76-23-27-78(28-24-76)102-81-31-35-85(111-81)105(97-67(11)49-59(3)50-68(97)12)89-39-43-93(115-89)108(100-73(17)55-62(6)56-74(100)18)94-44-40-90(116-94)106(86-36-32-82(102)112-86)98-69(13)51-60(4)52-70(98)14/h21-56,109,111,114,116H,1-18H3. The third-order valence-electron chi connectivity index (χ3n) is 23.8. The molecule has 0 unspecified atom stereocenters. The van der Waals surface area contributed by atoms with E-state index in [-0.39, 0.29) is 0 Å². The van der Waals surface area contributed by atoms with Crippen LogP contribution in [-0.4, -0.2) is 39.9 Å². The van der Waals surface area contributed by atoms with Crippen LogP contribution in [0.1, 0.15) is 157 Å². The fourth-order valence-corrected chi connectivity index (χ4v) is 19.6. The fraction of sp³-hybridized carbons (Fsp3) is 0.167. The lowest BCUT2D eigenvalue weighted by Gasteiger charge is -2.14. The molecule has 116 heavy (non-hydrogen) atoms. The zero-order valence-corrected chi connectivity index (χ0v) is 69.6. The number of aryl methyl sites for hydroxylation is 18. The number of hydrogen-bond donors (Lipinski definition) is 4. The Labute approximate surface area is 680 Å². The Morgan fingerprint density at radius 1 is 0.172 bits per heavy atom. The third kappa shape index (κ3) is 13.1. The monoisotopic (exact) mass is 1500 g/mol. The summed E-state index contributed by atoms with van der Waals surface area (Å²) in [5.41, 5.74) is 55.4. The van der Waals surface area contributed by atoms with Crippen LogP contribution in [-0.2, 0) is 0 Å². The van der Waals surface area contributed by atoms with Gasteiger partial charge in [-0.2, -0.15) is 0 Å². The van der Waals surface area contributed by atoms with E-state index in [1.807, 2.05) is 0 Å². The van der Waals surface area contributed by atoms with Crippen molar-refractivity contribution in [2.75, 3.05) is 0 Å². The van der Waals surface area contributed by atoms with Gasteiger partial charge in [-0.3, -0.25) is 0 Å². The van der Waals surface area contributed by atoms with Crippen molar-refractivity contribution in [2.45, 2.75) is 125 Å². The summed E-state index contributed by atoms with van der Waals surface area (Å²) in [5.74, 6) is 7.17. The number of fused-ring (bicyclic) bond motifs is 16. The van der Waals surface area contributed by atoms with Crippen molar-refractivity contribution >= 4 is 92.7 Å². The predicted molar refractivity (Wildman–Crippen MR) is 492 cm³/mol. The first-order valence-electron chi connectivity index (χ1n) is 40.4. The Bertz CT molecular complexity index is 6510. The first-order valence-corrected chi connectivity index (χ1v) is 40.4. The van der Waals surface area contributed by atoms with Crippen LogP contribution in [0.15, 0.2) is 170 Å². The number of nitrogens with zero attached hydrogens (tertiary/aromatic N) is 4. The lowest BCUT2D eigenvalue weighted by Crippen LogP contribution is -1.96. The second kappa shape index (κ2) is 28.9. The van der Waals surface area contributed by atoms with E-state index in [9.17, 15) is 0 Å². The van der Waals surface area contributed by atoms with Crippen LogP contribution in [0.5, 0.6) is 0 Å². The maximum absolute atomic E-state index is 5.75. The topological polar surface area (TPSA) is 115 Å². The van der Waals surface area contributed by atoms with Crippen LogP contribution in [0, 0.1) is 136 Å². The van der Waals surface area contributed by atoms with Crippen LogP contribution in [0.4, 0.5) is 0 Å². The highest BCUT2D eigenvalue weighted by Gasteiger charge is 2.27. The van der Waals surface area contributed by atoms with Crippen molar-refractivity contribution in [3.8, 4) is 101 Å². The molecule has 0 spiro atoms. The summed E-state index contributed by atoms with van der Waals surface area (Å²) in [6.07, 6.45) is 17.6. The van der Waals surface area contributed by atoms with E-state index >= 15 is 0 Å². The van der Waals surface area contributed by atoms with Gasteiger partial charge in [0.05, 0.1) is 45.6 Å². The molecule has 0 fully saturated rings. The molecule has 18 rings (SSSR count). The molecule has 6 aromatic heterocycles. The number of hydrogen-bond acceptors (Lipinski definition) is 4. The molecular formula is C108H94N8. The fourth-order valence-electron chi connectivity index (χ4n) is 19.6. The zero-order chi connectivity index (χ0) is 80.5. The summed E-state index contributed by atoms with van der Waals surface area (Å²) in [7, 11) is 0. The van der Waals surface area contributed by atoms with Crippen LogP contribution in [0.2, 0.25) is 0 Å². The van der Waals surface area contributed by atoms with E-state index in [0.717, 1.165) is 179 Å². The molecule has 0 saturated heterocycles. The van der Waals surface area contributed by atoms with Gasteiger partial charge >= 0.3 is 0 Å². The van der Waals surface area contributed by atoms with Gasteiger partial charge in [0.2, 0.25) is 0 Å². The van der Waals surface area contributed by atoms with Gasteiger partial charge in [-0.15, -0.1) is 0 Å². The molecule has 16 bridgehead atoms. The van der Waals surface area contributed by atoms with Gasteiger partial charge in [-0.25, -0.2) is 19.9 Å². The lowest BCUT2D eigenvalue weighted by atomic mass is 9.92. The van der Waals surface area contributed by atoms with E-state index in [2.05, 4.69) is 375 Å². The molecule has 4 aliphatic rings. The maximum Gasteiger partial charge on any atom is 0.0737 e. The average Bonchev–Trinajstić information content (AvgIpc) is 1.61. The number of rotatable bonds is 8. The summed E-state index contributed by atoms with van der Waals surface area (Å²) in [6.45, 7) is 39.8. The number of H-pyrrole nitrogens is 4. The minimum Gasteiger partial charge on any atom is -0.354 e. The van der Waals surface area contributed by atoms with E-state index < -0.39 is 0 Å². The van der Waals surface area contributed by atoms with Gasteiger partial charge in [-0.1, -0.05) is 142 Å². The Morgan fingerprint density at radius 2 is 0.319 bits per heavy atom. The Hall–Kier alpha value is -13.5. The Balaban J connectivity index is 0.801. The third-order valence-corrected chi connectivity index (χ3v) is 23.8. The SMILES string of the molecule is Cc1cc(C)c(-c2c3nc(c(-c4c(C)cc(C)cc4C)c4ccc([nH]4)c(-c4c(C)cc(C)cc4C)c4nc(c(-c5ccc(C#Cc6ccc(-c7c8nc(c(-c9c(C)cc(C)cc9C)c9ccc([nH]9)c(-c9c(C)cc(C)cc9C)c9nc(c(-c%10c(C)cc(C)cc%10C)c%10ccc7[nH]%10)C=C9)C=C8)cc6)cc5)c5ccc2[nH]5)C=C4)C=C3)c(C)c1. The molecular weight excluding hydrogens is 1410 g/mol. The zero-order valence-electron chi connectivity index (χ0n) is 69.6. The van der Waals surface area contributed by atoms with Gasteiger partial charge in [0.25, 0.3) is 0 Å². The van der Waals surface area contributed by atoms with Crippen LogP contribution < -0.4 is 0 Å². The van der Waals surface area contributed by atoms with E-state index in [1.165, 1.54) is 111 Å². The quantitative estimate of drug-likeness (QED) is 0.113. The highest BCUT2D eigenvalue weighted by molar-refractivity contribution is 6.05. The van der Waals surface area contributed by atoms with E-state index in [4.69, 9.17) is 19.9 Å². The summed E-state index contributed by atoms with van der Waals surface area (Å²) >= 11 is 0. The van der Waals surface area contributed by atoms with Crippen molar-refractivity contribution in [3.63, 3.8) is 0 Å². The molecule has 0 atom stereocenters. The number of aromatic amines is 4. The van der Waals surface area contributed by atoms with Gasteiger partial charge in [0, 0.05) is 99.8 Å². The molecule has 4 N–H and O–H groups in total. The highest BCUT2D eigenvalue weighted by Crippen LogP contribution is 2.47. The largest absolute Gasteiger partial charge is 0.354 e. The molecule has 566 valence electrons. The maximum atomic E-state index is 5.75. The number of nitrogens with one attached hydrogen (secondary N) is 4. The molecule has 4 aliphatic heterocycles. The summed E-state index contributed by atoms with van der Waals surface area (Å²) in [6, 6.07) is 62.6. The minimum absolute atomic E-state index is 0.848. The van der Waals surface area contributed by atoms with Crippen LogP contribution in [0.25, 0.3) is 182 Å². The van der Waals surface area contributed by atoms with Gasteiger partial charge in [0.1, 0.15) is 0 Å². The van der Waals surface area contributed by atoms with Crippen molar-refractivity contribution in [3.05, 3.63) is 327 Å². The molecule has 0 amide bonds. The van der Waals surface area contributed by atoms with Gasteiger partial charge < -0.3 is 19.9 Å². The Kier molecular flexibility index (Phi) is 18.4. The smallest absolute Gasteiger partial charge is 0.0737 e. The first kappa shape index (κ1) is 74.0. The van der Waals surface area contributed by atoms with E-state index in [0.29, 0.717) is 0 Å². The number of benzene rings is 8. The molecule has 8 aromatic carbocycles. The second-order valence-corrected chi connectivity index (χ2v) is 33.1. The summed E-state index contributed by atoms with van der Waals surface area (Å²) in [5, 5.41) is 0. The van der Waals surface area contributed by atoms with Crippen molar-refractivity contribution in [1.29, 1.82) is 0 Å². The van der Waals surface area contributed by atoms with Crippen molar-refractivity contribution in [2.24, 2.45) is 0 Å². The lowest BCUT2D eigenvalue weighted by molar-refractivity contribution is 1.27. The van der Waals surface area contributed by atoms with Crippen LogP contribution >= 0.6 is 0 Å². The normalized spacial score (nSPS) is 12.2. The molecule has 10 heterocycles. The van der Waals surface area contributed by atoms with Crippen molar-refractivity contribution < 1.29 is 0 Å². The minimum atomic E-state index is 0.848.